The van der Waals surface area contributed by atoms with Crippen LogP contribution in [0.15, 0.2) is 30.4 Å². The van der Waals surface area contributed by atoms with Gasteiger partial charge in [0.1, 0.15) is 23.9 Å². The van der Waals surface area contributed by atoms with E-state index in [1.807, 2.05) is 6.92 Å². The highest BCUT2D eigenvalue weighted by Gasteiger charge is 2.86. The summed E-state index contributed by atoms with van der Waals surface area (Å²) in [7, 11) is 0. The first kappa shape index (κ1) is 28.2. The van der Waals surface area contributed by atoms with Crippen molar-refractivity contribution >= 4 is 16.5 Å². The first-order valence-corrected chi connectivity index (χ1v) is 16.7. The molecule has 0 amide bonds. The van der Waals surface area contributed by atoms with Crippen molar-refractivity contribution in [2.45, 2.75) is 139 Å². The number of epoxide rings is 1. The summed E-state index contributed by atoms with van der Waals surface area (Å²) >= 11 is 0. The molecule has 4 aliphatic carbocycles. The molecule has 7 aliphatic rings. The van der Waals surface area contributed by atoms with Gasteiger partial charge in [-0.15, -0.1) is 0 Å². The first-order chi connectivity index (χ1) is 20.5. The number of aliphatic hydroxyl groups is 3. The number of ether oxygens (including phenoxy) is 3. The minimum Gasteiger partial charge on any atom is -0.388 e. The number of H-pyrrole nitrogens is 1. The zero-order valence-electron chi connectivity index (χ0n) is 27.1. The highest BCUT2D eigenvalue weighted by atomic mass is 16.7. The van der Waals surface area contributed by atoms with Gasteiger partial charge in [-0.25, -0.2) is 0 Å². The normalized spacial score (nSPS) is 48.7. The second-order valence-electron chi connectivity index (χ2n) is 16.9. The van der Waals surface area contributed by atoms with Gasteiger partial charge in [-0.05, 0) is 119 Å². The van der Waals surface area contributed by atoms with Crippen LogP contribution in [0, 0.1) is 17.3 Å². The molecule has 4 heterocycles. The number of aromatic amines is 1. The average molecular weight is 602 g/mol. The predicted molar refractivity (Wildman–Crippen MR) is 167 cm³/mol. The summed E-state index contributed by atoms with van der Waals surface area (Å²) in [4.78, 5) is 3.92. The summed E-state index contributed by atoms with van der Waals surface area (Å²) in [5.74, 6) is 0.260. The number of aromatic nitrogens is 1. The number of hydrogen-bond acceptors (Lipinski definition) is 6. The lowest BCUT2D eigenvalue weighted by atomic mass is 9.40. The van der Waals surface area contributed by atoms with Crippen molar-refractivity contribution in [1.82, 2.24) is 4.98 Å². The summed E-state index contributed by atoms with van der Waals surface area (Å²) in [6.07, 6.45) is 3.58. The van der Waals surface area contributed by atoms with Crippen molar-refractivity contribution in [3.8, 4) is 0 Å². The molecule has 44 heavy (non-hydrogen) atoms. The van der Waals surface area contributed by atoms with Crippen molar-refractivity contribution in [2.75, 3.05) is 0 Å². The Balaban J connectivity index is 1.17. The SMILES string of the molecule is C=C(C)[C@H]1O[C@H]2CC[C@@]3(C)[C@@](O)(CC[C@H]4Cc5c([nH]c6cc7c(cc56)[C@@H](O)[C@H]5C7=CC(C)(C)OC5(C)C)[C@@]43C)[C@]23O[C@@H]3[C@H]1O. The van der Waals surface area contributed by atoms with Gasteiger partial charge in [0.15, 0.2) is 5.60 Å². The van der Waals surface area contributed by atoms with E-state index in [1.54, 1.807) is 0 Å². The Morgan fingerprint density at radius 2 is 1.80 bits per heavy atom. The topological polar surface area (TPSA) is 107 Å². The lowest BCUT2D eigenvalue weighted by Gasteiger charge is -2.66. The molecule has 0 unspecified atom stereocenters. The van der Waals surface area contributed by atoms with E-state index in [-0.39, 0.29) is 17.4 Å². The molecule has 4 N–H and O–H groups in total. The van der Waals surface area contributed by atoms with Crippen LogP contribution in [0.1, 0.15) is 103 Å². The lowest BCUT2D eigenvalue weighted by molar-refractivity contribution is -0.265. The van der Waals surface area contributed by atoms with Gasteiger partial charge in [0, 0.05) is 33.3 Å². The van der Waals surface area contributed by atoms with E-state index in [1.165, 1.54) is 22.2 Å². The van der Waals surface area contributed by atoms with E-state index in [9.17, 15) is 15.3 Å². The maximum atomic E-state index is 13.0. The van der Waals surface area contributed by atoms with E-state index in [2.05, 4.69) is 71.3 Å². The van der Waals surface area contributed by atoms with Crippen molar-refractivity contribution in [2.24, 2.45) is 17.3 Å². The van der Waals surface area contributed by atoms with E-state index in [4.69, 9.17) is 14.2 Å². The van der Waals surface area contributed by atoms with E-state index < -0.39 is 52.2 Å². The van der Waals surface area contributed by atoms with Crippen molar-refractivity contribution in [3.63, 3.8) is 0 Å². The van der Waals surface area contributed by atoms with Gasteiger partial charge < -0.3 is 34.5 Å². The molecule has 0 bridgehead atoms. The number of nitrogens with one attached hydrogen (secondary N) is 1. The van der Waals surface area contributed by atoms with Crippen LogP contribution in [0.4, 0.5) is 0 Å². The van der Waals surface area contributed by atoms with E-state index >= 15 is 0 Å². The number of hydrogen-bond donors (Lipinski definition) is 4. The second-order valence-corrected chi connectivity index (χ2v) is 16.9. The van der Waals surface area contributed by atoms with Gasteiger partial charge >= 0.3 is 0 Å². The van der Waals surface area contributed by atoms with Crippen LogP contribution in [0.2, 0.25) is 0 Å². The summed E-state index contributed by atoms with van der Waals surface area (Å²) in [6.45, 7) is 19.0. The largest absolute Gasteiger partial charge is 0.388 e. The Labute approximate surface area is 259 Å². The molecule has 7 nitrogen and oxygen atoms in total. The van der Waals surface area contributed by atoms with Gasteiger partial charge in [-0.2, -0.15) is 0 Å². The standard InChI is InChI=1S/C37H47NO6/c1-17(2)29-28(40)31-37(43-31)25(42-29)10-11-34(7)35(8)18(9-12-36(34,37)41)13-22-20-14-21-19(15-24(20)38-30(22)35)23-16-32(3,4)44-33(5,6)26(23)27(21)39/h14-16,18,25-29,31,38-41H,1,9-13H2,2-8H3/t18-,25-,26+,27+,28-,29+,31+,34+,35+,36-,37-/m0/s1. The Bertz CT molecular complexity index is 1700. The maximum Gasteiger partial charge on any atom is 0.153 e. The molecule has 2 saturated heterocycles. The fourth-order valence-corrected chi connectivity index (χ4v) is 12.0. The Morgan fingerprint density at radius 3 is 2.52 bits per heavy atom. The molecule has 3 aliphatic heterocycles. The van der Waals surface area contributed by atoms with Crippen LogP contribution in [0.5, 0.6) is 0 Å². The third kappa shape index (κ3) is 2.89. The molecular weight excluding hydrogens is 554 g/mol. The zero-order valence-corrected chi connectivity index (χ0v) is 27.1. The van der Waals surface area contributed by atoms with Gasteiger partial charge in [0.25, 0.3) is 0 Å². The summed E-state index contributed by atoms with van der Waals surface area (Å²) in [5, 5.41) is 37.2. The first-order valence-electron chi connectivity index (χ1n) is 16.7. The molecule has 1 aromatic carbocycles. The third-order valence-corrected chi connectivity index (χ3v) is 14.0. The summed E-state index contributed by atoms with van der Waals surface area (Å²) < 4.78 is 19.4. The minimum atomic E-state index is -1.14. The van der Waals surface area contributed by atoms with Crippen LogP contribution in [0.3, 0.4) is 0 Å². The number of aliphatic hydroxyl groups excluding tert-OH is 2. The van der Waals surface area contributed by atoms with Crippen molar-refractivity contribution in [3.05, 3.63) is 52.7 Å². The van der Waals surface area contributed by atoms with Crippen LogP contribution in [0.25, 0.3) is 16.5 Å². The molecule has 1 aromatic heterocycles. The maximum absolute atomic E-state index is 13.0. The number of benzene rings is 1. The van der Waals surface area contributed by atoms with Crippen LogP contribution in [-0.4, -0.2) is 67.1 Å². The highest BCUT2D eigenvalue weighted by molar-refractivity contribution is 5.93. The Morgan fingerprint density at radius 1 is 1.05 bits per heavy atom. The highest BCUT2D eigenvalue weighted by Crippen LogP contribution is 2.75. The van der Waals surface area contributed by atoms with Crippen LogP contribution in [-0.2, 0) is 26.0 Å². The van der Waals surface area contributed by atoms with Gasteiger partial charge in [0.2, 0.25) is 0 Å². The smallest absolute Gasteiger partial charge is 0.153 e. The van der Waals surface area contributed by atoms with E-state index in [0.717, 1.165) is 47.9 Å². The Hall–Kier alpha value is -2.00. The Kier molecular flexibility index (Phi) is 5.08. The molecule has 0 radical (unpaired) electrons. The molecule has 4 fully saturated rings. The van der Waals surface area contributed by atoms with Gasteiger partial charge in [-0.1, -0.05) is 20.4 Å². The minimum absolute atomic E-state index is 0.113. The van der Waals surface area contributed by atoms with Gasteiger partial charge in [-0.3, -0.25) is 0 Å². The summed E-state index contributed by atoms with van der Waals surface area (Å²) in [6, 6.07) is 4.49. The number of rotatable bonds is 1. The van der Waals surface area contributed by atoms with Crippen LogP contribution < -0.4 is 0 Å². The van der Waals surface area contributed by atoms with Crippen molar-refractivity contribution in [1.29, 1.82) is 0 Å². The molecule has 2 aromatic rings. The fourth-order valence-electron chi connectivity index (χ4n) is 12.0. The monoisotopic (exact) mass is 601 g/mol. The van der Waals surface area contributed by atoms with Crippen molar-refractivity contribution < 1.29 is 29.5 Å². The summed E-state index contributed by atoms with van der Waals surface area (Å²) in [5.41, 5.74) is 3.92. The molecule has 1 spiro atoms. The second kappa shape index (κ2) is 7.92. The molecule has 11 atom stereocenters. The molecule has 2 saturated carbocycles. The van der Waals surface area contributed by atoms with E-state index in [0.29, 0.717) is 12.3 Å². The number of fused-ring (bicyclic) bond motifs is 10. The van der Waals surface area contributed by atoms with Gasteiger partial charge in [0.05, 0.1) is 23.4 Å². The molecular formula is C37H47NO6. The predicted octanol–water partition coefficient (Wildman–Crippen LogP) is 5.40. The fraction of sp³-hybridized carbons (Fsp3) is 0.676. The molecule has 7 heteroatoms. The van der Waals surface area contributed by atoms with Crippen LogP contribution >= 0.6 is 0 Å². The molecule has 9 rings (SSSR count). The quantitative estimate of drug-likeness (QED) is 0.258. The zero-order chi connectivity index (χ0) is 31.1. The third-order valence-electron chi connectivity index (χ3n) is 14.0. The average Bonchev–Trinajstić information content (AvgIpc) is 3.41. The molecule has 236 valence electrons. The lowest BCUT2D eigenvalue weighted by Crippen LogP contribution is -2.76.